The van der Waals surface area contributed by atoms with Crippen molar-refractivity contribution in [1.29, 1.82) is 0 Å². The highest BCUT2D eigenvalue weighted by atomic mass is 32.2. The second-order valence-corrected chi connectivity index (χ2v) is 6.02. The van der Waals surface area contributed by atoms with E-state index in [4.69, 9.17) is 14.1 Å². The van der Waals surface area contributed by atoms with Gasteiger partial charge in [0.25, 0.3) is 0 Å². The summed E-state index contributed by atoms with van der Waals surface area (Å²) >= 11 is 0. The molecule has 0 aromatic heterocycles. The summed E-state index contributed by atoms with van der Waals surface area (Å²) in [6, 6.07) is 11.0. The maximum atomic E-state index is 12.4. The van der Waals surface area contributed by atoms with Gasteiger partial charge in [0.1, 0.15) is 4.90 Å². The van der Waals surface area contributed by atoms with Crippen molar-refractivity contribution in [2.45, 2.75) is 11.8 Å². The van der Waals surface area contributed by atoms with Crippen molar-refractivity contribution in [1.82, 2.24) is 0 Å². The van der Waals surface area contributed by atoms with Crippen LogP contribution in [0, 0.1) is 6.92 Å². The summed E-state index contributed by atoms with van der Waals surface area (Å²) in [6.07, 6.45) is 1.07. The van der Waals surface area contributed by atoms with Crippen LogP contribution in [0.3, 0.4) is 0 Å². The van der Waals surface area contributed by atoms with Crippen molar-refractivity contribution < 1.29 is 22.5 Å². The SMILES string of the molecule is COc1cccc(/C=N/O)c1OS(=O)(=O)c1ccc(C)cc1. The number of rotatable bonds is 5. The smallest absolute Gasteiger partial charge is 0.339 e. The zero-order valence-corrected chi connectivity index (χ0v) is 12.9. The number of hydrogen-bond donors (Lipinski definition) is 1. The van der Waals surface area contributed by atoms with Crippen molar-refractivity contribution in [3.05, 3.63) is 53.6 Å². The zero-order chi connectivity index (χ0) is 16.2. The molecule has 0 amide bonds. The molecule has 0 saturated heterocycles. The Hall–Kier alpha value is -2.54. The van der Waals surface area contributed by atoms with Crippen molar-refractivity contribution in [2.75, 3.05) is 7.11 Å². The van der Waals surface area contributed by atoms with Gasteiger partial charge in [-0.25, -0.2) is 0 Å². The summed E-state index contributed by atoms with van der Waals surface area (Å²) in [5.74, 6) is 0.177. The molecule has 0 radical (unpaired) electrons. The minimum atomic E-state index is -4.03. The van der Waals surface area contributed by atoms with Gasteiger partial charge in [-0.3, -0.25) is 0 Å². The van der Waals surface area contributed by atoms with Crippen LogP contribution < -0.4 is 8.92 Å². The molecule has 0 atom stereocenters. The van der Waals surface area contributed by atoms with Crippen molar-refractivity contribution in [3.63, 3.8) is 0 Å². The van der Waals surface area contributed by atoms with E-state index in [1.165, 1.54) is 19.2 Å². The maximum absolute atomic E-state index is 12.4. The average Bonchev–Trinajstić information content (AvgIpc) is 2.49. The minimum absolute atomic E-state index is 0.0240. The van der Waals surface area contributed by atoms with Crippen LogP contribution in [0.5, 0.6) is 11.5 Å². The van der Waals surface area contributed by atoms with Gasteiger partial charge in [0.05, 0.1) is 13.3 Å². The Labute approximate surface area is 128 Å². The third-order valence-corrected chi connectivity index (χ3v) is 4.16. The highest BCUT2D eigenvalue weighted by molar-refractivity contribution is 7.87. The third kappa shape index (κ3) is 3.37. The number of aryl methyl sites for hydroxylation is 1. The van der Waals surface area contributed by atoms with E-state index in [2.05, 4.69) is 5.16 Å². The molecule has 116 valence electrons. The van der Waals surface area contributed by atoms with E-state index in [1.54, 1.807) is 30.3 Å². The number of ether oxygens (including phenoxy) is 1. The third-order valence-electron chi connectivity index (χ3n) is 2.93. The Kier molecular flexibility index (Phi) is 4.67. The van der Waals surface area contributed by atoms with E-state index in [1.807, 2.05) is 6.92 Å². The standard InChI is InChI=1S/C15H15NO5S/c1-11-6-8-13(9-7-11)22(18,19)21-15-12(10-16-17)4-3-5-14(15)20-2/h3-10,17H,1-2H3/b16-10+. The van der Waals surface area contributed by atoms with Crippen LogP contribution in [-0.2, 0) is 10.1 Å². The normalized spacial score (nSPS) is 11.5. The zero-order valence-electron chi connectivity index (χ0n) is 12.1. The molecule has 6 nitrogen and oxygen atoms in total. The van der Waals surface area contributed by atoms with Crippen LogP contribution in [0.2, 0.25) is 0 Å². The summed E-state index contributed by atoms with van der Waals surface area (Å²) in [4.78, 5) is 0.0240. The Morgan fingerprint density at radius 2 is 1.82 bits per heavy atom. The molecule has 1 N–H and O–H groups in total. The molecular weight excluding hydrogens is 306 g/mol. The fraction of sp³-hybridized carbons (Fsp3) is 0.133. The molecule has 0 unspecified atom stereocenters. The van der Waals surface area contributed by atoms with Crippen LogP contribution in [0.15, 0.2) is 52.5 Å². The summed E-state index contributed by atoms with van der Waals surface area (Å²) in [6.45, 7) is 1.85. The molecule has 0 heterocycles. The van der Waals surface area contributed by atoms with Gasteiger partial charge in [-0.1, -0.05) is 28.9 Å². The van der Waals surface area contributed by atoms with E-state index in [0.29, 0.717) is 0 Å². The number of benzene rings is 2. The summed E-state index contributed by atoms with van der Waals surface area (Å²) in [7, 11) is -2.64. The van der Waals surface area contributed by atoms with Gasteiger partial charge in [-0.2, -0.15) is 8.42 Å². The summed E-state index contributed by atoms with van der Waals surface area (Å²) in [5.41, 5.74) is 1.21. The highest BCUT2D eigenvalue weighted by Gasteiger charge is 2.21. The predicted octanol–water partition coefficient (Wildman–Crippen LogP) is 2.58. The Morgan fingerprint density at radius 1 is 1.14 bits per heavy atom. The number of para-hydroxylation sites is 1. The number of hydrogen-bond acceptors (Lipinski definition) is 6. The highest BCUT2D eigenvalue weighted by Crippen LogP contribution is 2.32. The lowest BCUT2D eigenvalue weighted by Crippen LogP contribution is -2.11. The predicted molar refractivity (Wildman–Crippen MR) is 81.4 cm³/mol. The van der Waals surface area contributed by atoms with Gasteiger partial charge in [0, 0.05) is 5.56 Å². The van der Waals surface area contributed by atoms with Crippen molar-refractivity contribution in [2.24, 2.45) is 5.16 Å². The molecule has 0 aliphatic heterocycles. The van der Waals surface area contributed by atoms with Crippen LogP contribution in [0.25, 0.3) is 0 Å². The van der Waals surface area contributed by atoms with Gasteiger partial charge >= 0.3 is 10.1 Å². The first-order chi connectivity index (χ1) is 10.5. The van der Waals surface area contributed by atoms with E-state index in [0.717, 1.165) is 11.8 Å². The monoisotopic (exact) mass is 321 g/mol. The molecule has 0 bridgehead atoms. The van der Waals surface area contributed by atoms with Gasteiger partial charge in [-0.15, -0.1) is 0 Å². The molecule has 0 aliphatic carbocycles. The number of oxime groups is 1. The van der Waals surface area contributed by atoms with Crippen molar-refractivity contribution in [3.8, 4) is 11.5 Å². The second kappa shape index (κ2) is 6.48. The summed E-state index contributed by atoms with van der Waals surface area (Å²) in [5, 5.41) is 11.6. The number of nitrogens with zero attached hydrogens (tertiary/aromatic N) is 1. The summed E-state index contributed by atoms with van der Waals surface area (Å²) < 4.78 is 35.0. The lowest BCUT2D eigenvalue weighted by Gasteiger charge is -2.12. The maximum Gasteiger partial charge on any atom is 0.339 e. The molecule has 0 saturated carbocycles. The van der Waals surface area contributed by atoms with Crippen LogP contribution >= 0.6 is 0 Å². The first-order valence-electron chi connectivity index (χ1n) is 6.33. The first-order valence-corrected chi connectivity index (χ1v) is 7.74. The molecule has 2 aromatic rings. The van der Waals surface area contributed by atoms with E-state index in [-0.39, 0.29) is 22.0 Å². The Balaban J connectivity index is 2.47. The largest absolute Gasteiger partial charge is 0.493 e. The topological polar surface area (TPSA) is 85.2 Å². The fourth-order valence-corrected chi connectivity index (χ4v) is 2.77. The van der Waals surface area contributed by atoms with Crippen molar-refractivity contribution >= 4 is 16.3 Å². The van der Waals surface area contributed by atoms with Gasteiger partial charge in [0.15, 0.2) is 11.5 Å². The Bertz CT molecular complexity index is 782. The molecule has 0 fully saturated rings. The lowest BCUT2D eigenvalue weighted by atomic mass is 10.2. The van der Waals surface area contributed by atoms with Gasteiger partial charge in [0.2, 0.25) is 0 Å². The molecule has 2 rings (SSSR count). The van der Waals surface area contributed by atoms with Crippen LogP contribution in [-0.4, -0.2) is 26.9 Å². The molecule has 7 heteroatoms. The molecule has 0 spiro atoms. The first kappa shape index (κ1) is 15.8. The minimum Gasteiger partial charge on any atom is -0.493 e. The molecule has 0 aliphatic rings. The van der Waals surface area contributed by atoms with E-state index >= 15 is 0 Å². The van der Waals surface area contributed by atoms with Crippen LogP contribution in [0.4, 0.5) is 0 Å². The second-order valence-electron chi connectivity index (χ2n) is 4.47. The van der Waals surface area contributed by atoms with E-state index in [9.17, 15) is 8.42 Å². The number of methoxy groups -OCH3 is 1. The lowest BCUT2D eigenvalue weighted by molar-refractivity contribution is 0.321. The average molecular weight is 321 g/mol. The quantitative estimate of drug-likeness (QED) is 0.396. The fourth-order valence-electron chi connectivity index (χ4n) is 1.81. The molecule has 2 aromatic carbocycles. The van der Waals surface area contributed by atoms with Gasteiger partial charge in [-0.05, 0) is 31.2 Å². The molecule has 22 heavy (non-hydrogen) atoms. The Morgan fingerprint density at radius 3 is 2.41 bits per heavy atom. The molecular formula is C15H15NO5S. The van der Waals surface area contributed by atoms with E-state index < -0.39 is 10.1 Å². The van der Waals surface area contributed by atoms with Gasteiger partial charge < -0.3 is 14.1 Å². The van der Waals surface area contributed by atoms with Crippen LogP contribution in [0.1, 0.15) is 11.1 Å².